The summed E-state index contributed by atoms with van der Waals surface area (Å²) < 4.78 is 4.69. The molecule has 1 saturated carbocycles. The molecule has 1 amide bonds. The smallest absolute Gasteiger partial charge is 0.325 e. The summed E-state index contributed by atoms with van der Waals surface area (Å²) >= 11 is 1.54. The van der Waals surface area contributed by atoms with Gasteiger partial charge in [-0.15, -0.1) is 11.3 Å². The lowest BCUT2D eigenvalue weighted by Crippen LogP contribution is -2.41. The van der Waals surface area contributed by atoms with Gasteiger partial charge in [0.05, 0.1) is 17.8 Å². The molecule has 1 aromatic heterocycles. The fourth-order valence-corrected chi connectivity index (χ4v) is 3.10. The average Bonchev–Trinajstić information content (AvgIpc) is 3.13. The molecular weight excluding hydrogens is 288 g/mol. The summed E-state index contributed by atoms with van der Waals surface area (Å²) in [5, 5.41) is 2.86. The monoisotopic (exact) mass is 308 g/mol. The summed E-state index contributed by atoms with van der Waals surface area (Å²) in [5.74, 6) is -0.536. The second-order valence-corrected chi connectivity index (χ2v) is 6.17. The van der Waals surface area contributed by atoms with Crippen LogP contribution in [0.5, 0.6) is 0 Å². The molecule has 0 N–H and O–H groups in total. The van der Waals surface area contributed by atoms with Crippen LogP contribution in [-0.2, 0) is 14.3 Å². The molecule has 0 atom stereocenters. The van der Waals surface area contributed by atoms with Gasteiger partial charge in [-0.2, -0.15) is 0 Å². The molecule has 0 bridgehead atoms. The first-order valence-corrected chi connectivity index (χ1v) is 7.95. The first kappa shape index (κ1) is 15.7. The van der Waals surface area contributed by atoms with Gasteiger partial charge in [0.2, 0.25) is 5.91 Å². The summed E-state index contributed by atoms with van der Waals surface area (Å²) in [7, 11) is 1.34. The van der Waals surface area contributed by atoms with Crippen LogP contribution < -0.4 is 0 Å². The number of hydrogen-bond donors (Lipinski definition) is 0. The van der Waals surface area contributed by atoms with Crippen molar-refractivity contribution in [2.75, 3.05) is 13.7 Å². The maximum absolute atomic E-state index is 12.4. The Morgan fingerprint density at radius 2 is 2.19 bits per heavy atom. The van der Waals surface area contributed by atoms with Crippen molar-refractivity contribution in [3.05, 3.63) is 22.2 Å². The molecule has 0 unspecified atom stereocenters. The fraction of sp³-hybridized carbons (Fsp3) is 0.533. The van der Waals surface area contributed by atoms with Gasteiger partial charge < -0.3 is 9.64 Å². The third-order valence-corrected chi connectivity index (χ3v) is 4.40. The number of carbonyl (C=O) groups excluding carboxylic acids is 2. The van der Waals surface area contributed by atoms with Gasteiger partial charge in [-0.05, 0) is 25.8 Å². The average molecular weight is 308 g/mol. The van der Waals surface area contributed by atoms with Crippen LogP contribution in [-0.4, -0.2) is 41.5 Å². The standard InChI is InChI=1S/C15H20N2O3S/c1-11-16-12(10-21-11)7-8-14(18)17(9-15(19)20-2)13-5-3-4-6-13/h7-8,10,13H,3-6,9H2,1-2H3/b8-7+. The summed E-state index contributed by atoms with van der Waals surface area (Å²) in [6, 6.07) is 0.137. The third kappa shape index (κ3) is 4.39. The fourth-order valence-electron chi connectivity index (χ4n) is 2.52. The van der Waals surface area contributed by atoms with Gasteiger partial charge in [-0.1, -0.05) is 12.8 Å². The van der Waals surface area contributed by atoms with Gasteiger partial charge in [0.15, 0.2) is 0 Å². The molecule has 1 fully saturated rings. The molecular formula is C15H20N2O3S. The summed E-state index contributed by atoms with van der Waals surface area (Å²) in [4.78, 5) is 29.8. The van der Waals surface area contributed by atoms with Crippen molar-refractivity contribution in [1.29, 1.82) is 0 Å². The SMILES string of the molecule is COC(=O)CN(C(=O)/C=C/c1csc(C)n1)C1CCCC1. The maximum atomic E-state index is 12.4. The molecule has 1 aliphatic carbocycles. The topological polar surface area (TPSA) is 59.5 Å². The number of rotatable bonds is 5. The Bertz CT molecular complexity index is 533. The number of methoxy groups -OCH3 is 1. The lowest BCUT2D eigenvalue weighted by molar-refractivity contribution is -0.146. The van der Waals surface area contributed by atoms with E-state index in [1.807, 2.05) is 12.3 Å². The van der Waals surface area contributed by atoms with Gasteiger partial charge in [0.1, 0.15) is 6.54 Å². The molecule has 2 rings (SSSR count). The Kier molecular flexibility index (Phi) is 5.50. The zero-order chi connectivity index (χ0) is 15.2. The number of esters is 1. The highest BCUT2D eigenvalue weighted by Gasteiger charge is 2.27. The van der Waals surface area contributed by atoms with E-state index in [1.165, 1.54) is 13.2 Å². The number of ether oxygens (including phenoxy) is 1. The first-order valence-electron chi connectivity index (χ1n) is 7.08. The molecule has 1 aromatic rings. The van der Waals surface area contributed by atoms with Gasteiger partial charge in [0, 0.05) is 17.5 Å². The highest BCUT2D eigenvalue weighted by atomic mass is 32.1. The highest BCUT2D eigenvalue weighted by molar-refractivity contribution is 7.09. The van der Waals surface area contributed by atoms with Crippen LogP contribution in [0.25, 0.3) is 6.08 Å². The van der Waals surface area contributed by atoms with E-state index in [2.05, 4.69) is 9.72 Å². The number of thiazole rings is 1. The Hall–Kier alpha value is -1.69. The molecule has 0 radical (unpaired) electrons. The largest absolute Gasteiger partial charge is 0.468 e. The maximum Gasteiger partial charge on any atom is 0.325 e. The molecule has 0 saturated heterocycles. The van der Waals surface area contributed by atoms with Crippen molar-refractivity contribution >= 4 is 29.3 Å². The normalized spacial score (nSPS) is 15.5. The van der Waals surface area contributed by atoms with E-state index in [1.54, 1.807) is 22.3 Å². The van der Waals surface area contributed by atoms with Gasteiger partial charge in [-0.25, -0.2) is 4.98 Å². The number of nitrogens with zero attached hydrogens (tertiary/aromatic N) is 2. The lowest BCUT2D eigenvalue weighted by atomic mass is 10.2. The Labute approximate surface area is 128 Å². The van der Waals surface area contributed by atoms with E-state index < -0.39 is 0 Å². The zero-order valence-electron chi connectivity index (χ0n) is 12.4. The molecule has 6 heteroatoms. The molecule has 114 valence electrons. The molecule has 0 spiro atoms. The summed E-state index contributed by atoms with van der Waals surface area (Å²) in [6.07, 6.45) is 7.30. The van der Waals surface area contributed by atoms with E-state index in [4.69, 9.17) is 0 Å². The van der Waals surface area contributed by atoms with Crippen LogP contribution in [0.2, 0.25) is 0 Å². The number of aromatic nitrogens is 1. The van der Waals surface area contributed by atoms with E-state index in [0.717, 1.165) is 36.4 Å². The second kappa shape index (κ2) is 7.36. The molecule has 0 aliphatic heterocycles. The molecule has 1 aliphatic rings. The van der Waals surface area contributed by atoms with Crippen molar-refractivity contribution in [2.24, 2.45) is 0 Å². The predicted molar refractivity (Wildman–Crippen MR) is 81.9 cm³/mol. The Balaban J connectivity index is 2.05. The van der Waals surface area contributed by atoms with Gasteiger partial charge >= 0.3 is 5.97 Å². The Morgan fingerprint density at radius 3 is 2.76 bits per heavy atom. The number of hydrogen-bond acceptors (Lipinski definition) is 5. The lowest BCUT2D eigenvalue weighted by Gasteiger charge is -2.26. The molecule has 21 heavy (non-hydrogen) atoms. The van der Waals surface area contributed by atoms with Crippen molar-refractivity contribution in [3.8, 4) is 0 Å². The number of amides is 1. The minimum absolute atomic E-state index is 0.0143. The van der Waals surface area contributed by atoms with Crippen LogP contribution in [0.1, 0.15) is 36.4 Å². The number of aryl methyl sites for hydroxylation is 1. The van der Waals surface area contributed by atoms with Crippen LogP contribution in [0.4, 0.5) is 0 Å². The molecule has 1 heterocycles. The van der Waals surface area contributed by atoms with E-state index >= 15 is 0 Å². The minimum atomic E-state index is -0.381. The van der Waals surface area contributed by atoms with Crippen LogP contribution in [0, 0.1) is 6.92 Å². The second-order valence-electron chi connectivity index (χ2n) is 5.11. The van der Waals surface area contributed by atoms with Crippen molar-refractivity contribution in [1.82, 2.24) is 9.88 Å². The van der Waals surface area contributed by atoms with E-state index in [0.29, 0.717) is 0 Å². The highest BCUT2D eigenvalue weighted by Crippen LogP contribution is 2.24. The summed E-state index contributed by atoms with van der Waals surface area (Å²) in [6.45, 7) is 1.94. The summed E-state index contributed by atoms with van der Waals surface area (Å²) in [5.41, 5.74) is 0.773. The van der Waals surface area contributed by atoms with Crippen molar-refractivity contribution in [2.45, 2.75) is 38.6 Å². The van der Waals surface area contributed by atoms with E-state index in [9.17, 15) is 9.59 Å². The predicted octanol–water partition coefficient (Wildman–Crippen LogP) is 2.41. The number of carbonyl (C=O) groups is 2. The first-order chi connectivity index (χ1) is 10.1. The van der Waals surface area contributed by atoms with Crippen LogP contribution in [0.15, 0.2) is 11.5 Å². The minimum Gasteiger partial charge on any atom is -0.468 e. The van der Waals surface area contributed by atoms with Crippen molar-refractivity contribution < 1.29 is 14.3 Å². The molecule has 0 aromatic carbocycles. The Morgan fingerprint density at radius 1 is 1.48 bits per heavy atom. The quantitative estimate of drug-likeness (QED) is 0.619. The third-order valence-electron chi connectivity index (χ3n) is 3.61. The molecule has 5 nitrogen and oxygen atoms in total. The van der Waals surface area contributed by atoms with Gasteiger partial charge in [0.25, 0.3) is 0 Å². The van der Waals surface area contributed by atoms with Crippen LogP contribution >= 0.6 is 11.3 Å². The zero-order valence-corrected chi connectivity index (χ0v) is 13.2. The van der Waals surface area contributed by atoms with E-state index in [-0.39, 0.29) is 24.5 Å². The van der Waals surface area contributed by atoms with Crippen molar-refractivity contribution in [3.63, 3.8) is 0 Å². The van der Waals surface area contributed by atoms with Gasteiger partial charge in [-0.3, -0.25) is 9.59 Å². The van der Waals surface area contributed by atoms with Crippen LogP contribution in [0.3, 0.4) is 0 Å².